The van der Waals surface area contributed by atoms with Gasteiger partial charge in [-0.15, -0.1) is 0 Å². The highest BCUT2D eigenvalue weighted by atomic mass is 127. The quantitative estimate of drug-likeness (QED) is 0.723. The third kappa shape index (κ3) is 1.75. The van der Waals surface area contributed by atoms with Crippen molar-refractivity contribution in [3.05, 3.63) is 32.6 Å². The van der Waals surface area contributed by atoms with Crippen LogP contribution in [0.1, 0.15) is 11.1 Å². The average molecular weight is 275 g/mol. The molecule has 0 atom stereocenters. The zero-order valence-corrected chi connectivity index (χ0v) is 8.72. The first kappa shape index (κ1) is 9.46. The highest BCUT2D eigenvalue weighted by Gasteiger charge is 2.08. The maximum Gasteiger partial charge on any atom is 0.131 e. The van der Waals surface area contributed by atoms with Gasteiger partial charge in [-0.05, 0) is 41.1 Å². The van der Waals surface area contributed by atoms with Gasteiger partial charge in [0.1, 0.15) is 5.82 Å². The number of halogens is 2. The normalized spacial score (nSPS) is 9.50. The van der Waals surface area contributed by atoms with Gasteiger partial charge < -0.3 is 0 Å². The summed E-state index contributed by atoms with van der Waals surface area (Å²) in [5, 5.41) is 8.44. The van der Waals surface area contributed by atoms with Gasteiger partial charge in [0, 0.05) is 9.13 Å². The van der Waals surface area contributed by atoms with Gasteiger partial charge in [0.05, 0.1) is 12.5 Å². The van der Waals surface area contributed by atoms with Crippen LogP contribution in [0.25, 0.3) is 0 Å². The molecule has 1 nitrogen and oxygen atoms in total. The molecule has 0 N–H and O–H groups in total. The Morgan fingerprint density at radius 2 is 2.25 bits per heavy atom. The Morgan fingerprint density at radius 1 is 1.58 bits per heavy atom. The van der Waals surface area contributed by atoms with Crippen LogP contribution in [-0.4, -0.2) is 0 Å². The fourth-order valence-corrected chi connectivity index (χ4v) is 1.56. The van der Waals surface area contributed by atoms with E-state index in [1.807, 2.05) is 34.7 Å². The molecule has 1 rings (SSSR count). The summed E-state index contributed by atoms with van der Waals surface area (Å²) >= 11 is 2.03. The van der Waals surface area contributed by atoms with Gasteiger partial charge in [-0.1, -0.05) is 6.07 Å². The second kappa shape index (κ2) is 3.85. The molecule has 0 saturated carbocycles. The van der Waals surface area contributed by atoms with E-state index in [1.165, 1.54) is 0 Å². The smallest absolute Gasteiger partial charge is 0.131 e. The summed E-state index contributed by atoms with van der Waals surface area (Å²) in [6.45, 7) is 1.70. The van der Waals surface area contributed by atoms with E-state index < -0.39 is 0 Å². The molecule has 62 valence electrons. The van der Waals surface area contributed by atoms with E-state index in [-0.39, 0.29) is 12.2 Å². The lowest BCUT2D eigenvalue weighted by Gasteiger charge is -2.03. The molecule has 0 aromatic heterocycles. The van der Waals surface area contributed by atoms with Crippen molar-refractivity contribution in [1.82, 2.24) is 0 Å². The molecule has 0 amide bonds. The summed E-state index contributed by atoms with van der Waals surface area (Å²) in [5.74, 6) is -0.247. The van der Waals surface area contributed by atoms with E-state index >= 15 is 0 Å². The van der Waals surface area contributed by atoms with Gasteiger partial charge in [0.25, 0.3) is 0 Å². The van der Waals surface area contributed by atoms with Crippen LogP contribution < -0.4 is 0 Å². The lowest BCUT2D eigenvalue weighted by molar-refractivity contribution is 0.604. The van der Waals surface area contributed by atoms with Gasteiger partial charge in [-0.25, -0.2) is 4.39 Å². The Kier molecular flexibility index (Phi) is 3.04. The maximum absolute atomic E-state index is 13.3. The highest BCUT2D eigenvalue weighted by Crippen LogP contribution is 2.19. The molecule has 0 aliphatic carbocycles. The van der Waals surface area contributed by atoms with Gasteiger partial charge in [-0.3, -0.25) is 0 Å². The Hall–Kier alpha value is -0.630. The van der Waals surface area contributed by atoms with Crippen molar-refractivity contribution in [3.8, 4) is 6.07 Å². The summed E-state index contributed by atoms with van der Waals surface area (Å²) in [7, 11) is 0. The molecule has 1 aromatic carbocycles. The van der Waals surface area contributed by atoms with E-state index in [0.717, 1.165) is 3.57 Å². The van der Waals surface area contributed by atoms with Crippen molar-refractivity contribution in [2.24, 2.45) is 0 Å². The van der Waals surface area contributed by atoms with E-state index in [2.05, 4.69) is 0 Å². The first-order valence-corrected chi connectivity index (χ1v) is 4.55. The monoisotopic (exact) mass is 275 g/mol. The molecule has 0 heterocycles. The number of hydrogen-bond acceptors (Lipinski definition) is 1. The Balaban J connectivity index is 3.25. The van der Waals surface area contributed by atoms with E-state index in [9.17, 15) is 4.39 Å². The van der Waals surface area contributed by atoms with Crippen LogP contribution in [0, 0.1) is 27.6 Å². The molecule has 0 radical (unpaired) electrons. The molecule has 0 unspecified atom stereocenters. The van der Waals surface area contributed by atoms with E-state index in [1.54, 1.807) is 13.0 Å². The third-order valence-corrected chi connectivity index (χ3v) is 2.65. The van der Waals surface area contributed by atoms with Gasteiger partial charge >= 0.3 is 0 Å². The summed E-state index contributed by atoms with van der Waals surface area (Å²) in [6, 6.07) is 5.49. The van der Waals surface area contributed by atoms with Crippen molar-refractivity contribution >= 4 is 22.6 Å². The Labute approximate surface area is 84.3 Å². The van der Waals surface area contributed by atoms with Crippen molar-refractivity contribution in [2.45, 2.75) is 13.3 Å². The molecule has 12 heavy (non-hydrogen) atoms. The Bertz CT molecular complexity index is 341. The summed E-state index contributed by atoms with van der Waals surface area (Å²) in [5.41, 5.74) is 1.11. The zero-order valence-electron chi connectivity index (χ0n) is 6.56. The number of nitriles is 1. The van der Waals surface area contributed by atoms with Crippen LogP contribution in [0.4, 0.5) is 4.39 Å². The van der Waals surface area contributed by atoms with Crippen molar-refractivity contribution in [1.29, 1.82) is 5.26 Å². The molecular weight excluding hydrogens is 268 g/mol. The first-order chi connectivity index (χ1) is 5.66. The fourth-order valence-electron chi connectivity index (χ4n) is 0.956. The van der Waals surface area contributed by atoms with E-state index in [0.29, 0.717) is 11.1 Å². The van der Waals surface area contributed by atoms with Gasteiger partial charge in [0.15, 0.2) is 0 Å². The van der Waals surface area contributed by atoms with Crippen molar-refractivity contribution in [3.63, 3.8) is 0 Å². The predicted molar refractivity (Wildman–Crippen MR) is 53.2 cm³/mol. The zero-order chi connectivity index (χ0) is 9.14. The highest BCUT2D eigenvalue weighted by molar-refractivity contribution is 14.1. The number of nitrogens with zero attached hydrogens (tertiary/aromatic N) is 1. The van der Waals surface area contributed by atoms with Crippen LogP contribution in [0.5, 0.6) is 0 Å². The molecule has 0 fully saturated rings. The molecule has 0 bridgehead atoms. The molecule has 0 aliphatic rings. The average Bonchev–Trinajstić information content (AvgIpc) is 2.06. The minimum Gasteiger partial charge on any atom is -0.206 e. The number of hydrogen-bond donors (Lipinski definition) is 0. The van der Waals surface area contributed by atoms with E-state index in [4.69, 9.17) is 5.26 Å². The first-order valence-electron chi connectivity index (χ1n) is 3.47. The van der Waals surface area contributed by atoms with Crippen molar-refractivity contribution in [2.75, 3.05) is 0 Å². The largest absolute Gasteiger partial charge is 0.206 e. The fraction of sp³-hybridized carbons (Fsp3) is 0.222. The third-order valence-electron chi connectivity index (χ3n) is 1.63. The number of aryl methyl sites for hydroxylation is 1. The number of rotatable bonds is 1. The summed E-state index contributed by atoms with van der Waals surface area (Å²) < 4.78 is 14.1. The van der Waals surface area contributed by atoms with Crippen LogP contribution in [0.2, 0.25) is 0 Å². The van der Waals surface area contributed by atoms with Crippen molar-refractivity contribution < 1.29 is 4.39 Å². The van der Waals surface area contributed by atoms with Crippen LogP contribution >= 0.6 is 22.6 Å². The molecule has 0 aliphatic heterocycles. The maximum atomic E-state index is 13.3. The SMILES string of the molecule is Cc1ccc(I)c(CC#N)c1F. The molecule has 0 saturated heterocycles. The number of benzene rings is 1. The van der Waals surface area contributed by atoms with Gasteiger partial charge in [-0.2, -0.15) is 5.26 Å². The minimum atomic E-state index is -0.247. The second-order valence-corrected chi connectivity index (χ2v) is 3.65. The minimum absolute atomic E-state index is 0.145. The molecule has 3 heteroatoms. The molecule has 0 spiro atoms. The lowest BCUT2D eigenvalue weighted by atomic mass is 10.1. The van der Waals surface area contributed by atoms with Crippen LogP contribution in [0.3, 0.4) is 0 Å². The Morgan fingerprint density at radius 3 is 2.83 bits per heavy atom. The van der Waals surface area contributed by atoms with Crippen LogP contribution in [-0.2, 0) is 6.42 Å². The second-order valence-electron chi connectivity index (χ2n) is 2.49. The molecule has 1 aromatic rings. The standard InChI is InChI=1S/C9H7FIN/c1-6-2-3-8(11)7(4-5-12)9(6)10/h2-3H,4H2,1H3. The van der Waals surface area contributed by atoms with Crippen LogP contribution in [0.15, 0.2) is 12.1 Å². The predicted octanol–water partition coefficient (Wildman–Crippen LogP) is 2.80. The topological polar surface area (TPSA) is 23.8 Å². The molecular formula is C9H7FIN. The summed E-state index contributed by atoms with van der Waals surface area (Å²) in [6.07, 6.45) is 0.145. The van der Waals surface area contributed by atoms with Gasteiger partial charge in [0.2, 0.25) is 0 Å². The lowest BCUT2D eigenvalue weighted by Crippen LogP contribution is -1.95. The summed E-state index contributed by atoms with van der Waals surface area (Å²) in [4.78, 5) is 0.